The molecule has 0 bridgehead atoms. The van der Waals surface area contributed by atoms with E-state index >= 15 is 0 Å². The Balaban J connectivity index is 1.69. The molecule has 1 saturated heterocycles. The molecule has 0 saturated carbocycles. The van der Waals surface area contributed by atoms with Crippen LogP contribution in [-0.4, -0.2) is 54.3 Å². The van der Waals surface area contributed by atoms with Gasteiger partial charge in [-0.2, -0.15) is 0 Å². The topological polar surface area (TPSA) is 43.9 Å². The van der Waals surface area contributed by atoms with Crippen molar-refractivity contribution >= 4 is 23.1 Å². The maximum Gasteiger partial charge on any atom is 0.282 e. The zero-order valence-electron chi connectivity index (χ0n) is 19.4. The number of carbonyl (C=O) groups is 2. The SMILES string of the molecule is CCCCc1ccc(N2C(=O)C(c3ccc(C)cc3)=C(N3CCN(CC)CC3)C2=O)cc1. The summed E-state index contributed by atoms with van der Waals surface area (Å²) in [5, 5.41) is 0. The van der Waals surface area contributed by atoms with Crippen LogP contribution in [0.3, 0.4) is 0 Å². The van der Waals surface area contributed by atoms with Crippen molar-refractivity contribution in [3.05, 3.63) is 70.9 Å². The maximum absolute atomic E-state index is 13.7. The predicted octanol–water partition coefficient (Wildman–Crippen LogP) is 4.26. The van der Waals surface area contributed by atoms with Gasteiger partial charge in [0.15, 0.2) is 0 Å². The summed E-state index contributed by atoms with van der Waals surface area (Å²) in [7, 11) is 0. The lowest BCUT2D eigenvalue weighted by Gasteiger charge is -2.36. The summed E-state index contributed by atoms with van der Waals surface area (Å²) >= 11 is 0. The molecule has 32 heavy (non-hydrogen) atoms. The van der Waals surface area contributed by atoms with E-state index in [9.17, 15) is 9.59 Å². The average molecular weight is 432 g/mol. The van der Waals surface area contributed by atoms with Crippen molar-refractivity contribution in [3.8, 4) is 0 Å². The zero-order valence-corrected chi connectivity index (χ0v) is 19.4. The summed E-state index contributed by atoms with van der Waals surface area (Å²) in [4.78, 5) is 33.2. The Bertz CT molecular complexity index is 1000. The third-order valence-corrected chi connectivity index (χ3v) is 6.55. The van der Waals surface area contributed by atoms with Gasteiger partial charge in [0.25, 0.3) is 11.8 Å². The first kappa shape index (κ1) is 22.3. The van der Waals surface area contributed by atoms with Crippen molar-refractivity contribution in [2.24, 2.45) is 0 Å². The number of carbonyl (C=O) groups excluding carboxylic acids is 2. The van der Waals surface area contributed by atoms with Crippen molar-refractivity contribution in [2.45, 2.75) is 40.0 Å². The first-order chi connectivity index (χ1) is 15.5. The van der Waals surface area contributed by atoms with E-state index in [1.807, 2.05) is 55.5 Å². The second-order valence-electron chi connectivity index (χ2n) is 8.73. The first-order valence-electron chi connectivity index (χ1n) is 11.8. The molecule has 0 N–H and O–H groups in total. The van der Waals surface area contributed by atoms with E-state index in [2.05, 4.69) is 23.6 Å². The normalized spacial score (nSPS) is 17.6. The molecule has 2 aliphatic heterocycles. The van der Waals surface area contributed by atoms with E-state index in [1.165, 1.54) is 10.5 Å². The number of hydrogen-bond acceptors (Lipinski definition) is 4. The molecule has 4 rings (SSSR count). The van der Waals surface area contributed by atoms with Gasteiger partial charge in [0.05, 0.1) is 11.3 Å². The van der Waals surface area contributed by atoms with Crippen LogP contribution >= 0.6 is 0 Å². The molecule has 2 aliphatic rings. The van der Waals surface area contributed by atoms with Crippen LogP contribution in [0, 0.1) is 6.92 Å². The van der Waals surface area contributed by atoms with E-state index in [4.69, 9.17) is 0 Å². The number of likely N-dealkylation sites (N-methyl/N-ethyl adjacent to an activating group) is 1. The monoisotopic (exact) mass is 431 g/mol. The Morgan fingerprint density at radius 3 is 2.06 bits per heavy atom. The number of anilines is 1. The number of hydrogen-bond donors (Lipinski definition) is 0. The highest BCUT2D eigenvalue weighted by molar-refractivity contribution is 6.45. The summed E-state index contributed by atoms with van der Waals surface area (Å²) in [6.45, 7) is 10.7. The van der Waals surface area contributed by atoms with Crippen LogP contribution in [0.15, 0.2) is 54.2 Å². The fraction of sp³-hybridized carbons (Fsp3) is 0.407. The summed E-state index contributed by atoms with van der Waals surface area (Å²) in [5.41, 5.74) is 4.89. The quantitative estimate of drug-likeness (QED) is 0.615. The Kier molecular flexibility index (Phi) is 6.75. The average Bonchev–Trinajstić information content (AvgIpc) is 3.08. The number of amides is 2. The number of rotatable bonds is 7. The Morgan fingerprint density at radius 2 is 1.47 bits per heavy atom. The van der Waals surface area contributed by atoms with Crippen LogP contribution < -0.4 is 4.90 Å². The van der Waals surface area contributed by atoms with E-state index in [-0.39, 0.29) is 11.8 Å². The molecule has 5 nitrogen and oxygen atoms in total. The third kappa shape index (κ3) is 4.35. The number of imide groups is 1. The second-order valence-corrected chi connectivity index (χ2v) is 8.73. The summed E-state index contributed by atoms with van der Waals surface area (Å²) in [6.07, 6.45) is 3.29. The molecule has 0 aliphatic carbocycles. The molecule has 0 radical (unpaired) electrons. The zero-order chi connectivity index (χ0) is 22.7. The molecule has 5 heteroatoms. The summed E-state index contributed by atoms with van der Waals surface area (Å²) in [5.74, 6) is -0.440. The lowest BCUT2D eigenvalue weighted by Crippen LogP contribution is -2.47. The van der Waals surface area contributed by atoms with E-state index in [0.717, 1.165) is 63.1 Å². The molecule has 0 aromatic heterocycles. The molecule has 2 aromatic carbocycles. The van der Waals surface area contributed by atoms with Gasteiger partial charge in [-0.15, -0.1) is 0 Å². The fourth-order valence-corrected chi connectivity index (χ4v) is 4.51. The van der Waals surface area contributed by atoms with E-state index in [0.29, 0.717) is 17.0 Å². The van der Waals surface area contributed by atoms with Gasteiger partial charge in [0, 0.05) is 26.2 Å². The number of piperazine rings is 1. The van der Waals surface area contributed by atoms with E-state index in [1.54, 1.807) is 0 Å². The number of nitrogens with zero attached hydrogens (tertiary/aromatic N) is 3. The molecular weight excluding hydrogens is 398 g/mol. The molecular formula is C27H33N3O2. The standard InChI is InChI=1S/C27H33N3O2/c1-4-6-7-21-10-14-23(15-11-21)30-26(31)24(22-12-8-20(3)9-13-22)25(27(30)32)29-18-16-28(5-2)17-19-29/h8-15H,4-7,16-19H2,1-3H3. The minimum absolute atomic E-state index is 0.211. The minimum atomic E-state index is -0.229. The highest BCUT2D eigenvalue weighted by Crippen LogP contribution is 2.35. The Hall–Kier alpha value is -2.92. The van der Waals surface area contributed by atoms with Gasteiger partial charge >= 0.3 is 0 Å². The van der Waals surface area contributed by atoms with E-state index < -0.39 is 0 Å². The van der Waals surface area contributed by atoms with Gasteiger partial charge in [0.2, 0.25) is 0 Å². The minimum Gasteiger partial charge on any atom is -0.364 e. The smallest absolute Gasteiger partial charge is 0.282 e. The van der Waals surface area contributed by atoms with Gasteiger partial charge in [-0.25, -0.2) is 4.90 Å². The number of aryl methyl sites for hydroxylation is 2. The van der Waals surface area contributed by atoms with Crippen molar-refractivity contribution in [2.75, 3.05) is 37.6 Å². The first-order valence-corrected chi connectivity index (χ1v) is 11.8. The molecule has 0 spiro atoms. The van der Waals surface area contributed by atoms with Crippen LogP contribution in [0.1, 0.15) is 43.4 Å². The maximum atomic E-state index is 13.7. The largest absolute Gasteiger partial charge is 0.364 e. The molecule has 0 atom stereocenters. The predicted molar refractivity (Wildman–Crippen MR) is 129 cm³/mol. The molecule has 168 valence electrons. The van der Waals surface area contributed by atoms with Crippen LogP contribution in [-0.2, 0) is 16.0 Å². The van der Waals surface area contributed by atoms with Gasteiger partial charge in [-0.1, -0.05) is 62.2 Å². The lowest BCUT2D eigenvalue weighted by atomic mass is 10.0. The number of unbranched alkanes of at least 4 members (excludes halogenated alkanes) is 1. The van der Waals surface area contributed by atoms with Crippen molar-refractivity contribution < 1.29 is 9.59 Å². The van der Waals surface area contributed by atoms with Crippen LogP contribution in [0.2, 0.25) is 0 Å². The fourth-order valence-electron chi connectivity index (χ4n) is 4.51. The second kappa shape index (κ2) is 9.70. The highest BCUT2D eigenvalue weighted by Gasteiger charge is 2.42. The van der Waals surface area contributed by atoms with Gasteiger partial charge in [0.1, 0.15) is 5.70 Å². The molecule has 2 aromatic rings. The number of benzene rings is 2. The Labute approximate surface area is 191 Å². The van der Waals surface area contributed by atoms with Crippen molar-refractivity contribution in [1.29, 1.82) is 0 Å². The van der Waals surface area contributed by atoms with Crippen LogP contribution in [0.5, 0.6) is 0 Å². The molecule has 1 fully saturated rings. The summed E-state index contributed by atoms with van der Waals surface area (Å²) in [6, 6.07) is 15.8. The molecule has 2 amide bonds. The molecule has 2 heterocycles. The van der Waals surface area contributed by atoms with Crippen LogP contribution in [0.4, 0.5) is 5.69 Å². The van der Waals surface area contributed by atoms with Gasteiger partial charge in [-0.05, 0) is 49.6 Å². The summed E-state index contributed by atoms with van der Waals surface area (Å²) < 4.78 is 0. The van der Waals surface area contributed by atoms with Gasteiger partial charge < -0.3 is 9.80 Å². The highest BCUT2D eigenvalue weighted by atomic mass is 16.2. The van der Waals surface area contributed by atoms with Crippen molar-refractivity contribution in [1.82, 2.24) is 9.80 Å². The van der Waals surface area contributed by atoms with Crippen molar-refractivity contribution in [3.63, 3.8) is 0 Å². The third-order valence-electron chi connectivity index (χ3n) is 6.55. The van der Waals surface area contributed by atoms with Gasteiger partial charge in [-0.3, -0.25) is 9.59 Å². The van der Waals surface area contributed by atoms with Crippen LogP contribution in [0.25, 0.3) is 5.57 Å². The Morgan fingerprint density at radius 1 is 0.812 bits per heavy atom. The lowest BCUT2D eigenvalue weighted by molar-refractivity contribution is -0.120. The molecule has 0 unspecified atom stereocenters.